The summed E-state index contributed by atoms with van der Waals surface area (Å²) in [6, 6.07) is 3.19. The van der Waals surface area contributed by atoms with Gasteiger partial charge in [-0.1, -0.05) is 0 Å². The van der Waals surface area contributed by atoms with Crippen LogP contribution >= 0.6 is 0 Å². The number of nitrogens with zero attached hydrogens (tertiary/aromatic N) is 2. The number of aromatic nitrogens is 1. The molecule has 2 heterocycles. The fraction of sp³-hybridized carbons (Fsp3) is 0.600. The number of hydrogen-bond donors (Lipinski definition) is 2. The van der Waals surface area contributed by atoms with E-state index >= 15 is 0 Å². The number of nitrogens with one attached hydrogen (secondary N) is 1. The Bertz CT molecular complexity index is 468. The Morgan fingerprint density at radius 3 is 2.80 bits per heavy atom. The number of hydrogen-bond acceptors (Lipinski definition) is 4. The van der Waals surface area contributed by atoms with Crippen LogP contribution in [-0.2, 0) is 0 Å². The summed E-state index contributed by atoms with van der Waals surface area (Å²) in [5.74, 6) is 0.520. The topological polar surface area (TPSA) is 65.5 Å². The summed E-state index contributed by atoms with van der Waals surface area (Å²) in [5.41, 5.74) is 1.02. The smallest absolute Gasteiger partial charge is 0.335 e. The van der Waals surface area contributed by atoms with Crippen LogP contribution in [0.15, 0.2) is 12.1 Å². The molecule has 5 heteroatoms. The molecule has 0 spiro atoms. The molecule has 1 aromatic rings. The van der Waals surface area contributed by atoms with Crippen molar-refractivity contribution in [3.8, 4) is 0 Å². The molecule has 0 radical (unpaired) electrons. The Labute approximate surface area is 120 Å². The number of aryl methyl sites for hydroxylation is 1. The Morgan fingerprint density at radius 1 is 1.45 bits per heavy atom. The number of carbonyl (C=O) groups is 1. The molecule has 0 amide bonds. The van der Waals surface area contributed by atoms with Crippen molar-refractivity contribution in [1.82, 2.24) is 9.88 Å². The molecule has 0 aromatic carbocycles. The average molecular weight is 277 g/mol. The average Bonchev–Trinajstić information content (AvgIpc) is 2.40. The number of carboxylic acid groups (broad SMARTS) is 1. The van der Waals surface area contributed by atoms with E-state index in [-0.39, 0.29) is 0 Å². The second kappa shape index (κ2) is 6.70. The molecular weight excluding hydrogens is 254 g/mol. The maximum atomic E-state index is 11.0. The van der Waals surface area contributed by atoms with Crippen molar-refractivity contribution >= 4 is 11.8 Å². The molecular formula is C15H23N3O2. The van der Waals surface area contributed by atoms with E-state index in [1.54, 1.807) is 12.1 Å². The van der Waals surface area contributed by atoms with Crippen LogP contribution in [0.2, 0.25) is 0 Å². The first-order valence-corrected chi connectivity index (χ1v) is 7.19. The molecule has 0 saturated carbocycles. The molecule has 0 atom stereocenters. The van der Waals surface area contributed by atoms with Crippen molar-refractivity contribution in [3.63, 3.8) is 0 Å². The van der Waals surface area contributed by atoms with Crippen molar-refractivity contribution in [2.24, 2.45) is 5.92 Å². The first kappa shape index (κ1) is 14.8. The molecule has 1 fully saturated rings. The Kier molecular flexibility index (Phi) is 4.95. The third kappa shape index (κ3) is 4.20. The fourth-order valence-corrected chi connectivity index (χ4v) is 2.64. The van der Waals surface area contributed by atoms with Crippen molar-refractivity contribution < 1.29 is 9.90 Å². The summed E-state index contributed by atoms with van der Waals surface area (Å²) in [4.78, 5) is 17.7. The van der Waals surface area contributed by atoms with E-state index in [2.05, 4.69) is 22.2 Å². The summed E-state index contributed by atoms with van der Waals surface area (Å²) >= 11 is 0. The predicted molar refractivity (Wildman–Crippen MR) is 79.3 cm³/mol. The third-order valence-electron chi connectivity index (χ3n) is 3.90. The zero-order valence-corrected chi connectivity index (χ0v) is 12.2. The van der Waals surface area contributed by atoms with E-state index in [1.165, 1.54) is 25.9 Å². The molecule has 2 N–H and O–H groups in total. The van der Waals surface area contributed by atoms with Gasteiger partial charge in [0.25, 0.3) is 0 Å². The quantitative estimate of drug-likeness (QED) is 0.864. The minimum atomic E-state index is -0.908. The van der Waals surface area contributed by atoms with Crippen molar-refractivity contribution in [2.45, 2.75) is 26.2 Å². The van der Waals surface area contributed by atoms with Gasteiger partial charge in [0.2, 0.25) is 0 Å². The van der Waals surface area contributed by atoms with E-state index < -0.39 is 5.97 Å². The highest BCUT2D eigenvalue weighted by Crippen LogP contribution is 2.19. The fourth-order valence-electron chi connectivity index (χ4n) is 2.64. The number of anilines is 1. The van der Waals surface area contributed by atoms with Gasteiger partial charge in [-0.05, 0) is 64.4 Å². The Balaban J connectivity index is 1.83. The molecule has 0 bridgehead atoms. The van der Waals surface area contributed by atoms with Gasteiger partial charge in [-0.15, -0.1) is 0 Å². The molecule has 1 aromatic heterocycles. The molecule has 0 unspecified atom stereocenters. The van der Waals surface area contributed by atoms with Crippen molar-refractivity contribution in [2.75, 3.05) is 32.0 Å². The zero-order chi connectivity index (χ0) is 14.5. The maximum Gasteiger partial charge on any atom is 0.335 e. The number of carboxylic acids is 1. The highest BCUT2D eigenvalue weighted by Gasteiger charge is 2.16. The number of rotatable bonds is 5. The van der Waals surface area contributed by atoms with Gasteiger partial charge in [0.1, 0.15) is 5.82 Å². The lowest BCUT2D eigenvalue weighted by Gasteiger charge is -2.28. The van der Waals surface area contributed by atoms with Crippen LogP contribution in [0.25, 0.3) is 0 Å². The maximum absolute atomic E-state index is 11.0. The lowest BCUT2D eigenvalue weighted by Crippen LogP contribution is -2.30. The minimum Gasteiger partial charge on any atom is -0.478 e. The van der Waals surface area contributed by atoms with Gasteiger partial charge < -0.3 is 15.3 Å². The summed E-state index contributed by atoms with van der Waals surface area (Å²) in [7, 11) is 2.17. The van der Waals surface area contributed by atoms with Gasteiger partial charge in [0, 0.05) is 12.2 Å². The van der Waals surface area contributed by atoms with Gasteiger partial charge in [0.15, 0.2) is 0 Å². The first-order chi connectivity index (χ1) is 9.54. The van der Waals surface area contributed by atoms with Gasteiger partial charge in [-0.25, -0.2) is 9.78 Å². The van der Waals surface area contributed by atoms with Crippen molar-refractivity contribution in [1.29, 1.82) is 0 Å². The second-order valence-corrected chi connectivity index (χ2v) is 5.65. The van der Waals surface area contributed by atoms with E-state index in [1.807, 2.05) is 6.92 Å². The summed E-state index contributed by atoms with van der Waals surface area (Å²) in [5, 5.41) is 12.3. The van der Waals surface area contributed by atoms with Gasteiger partial charge >= 0.3 is 5.97 Å². The molecule has 1 aliphatic rings. The SMILES string of the molecule is Cc1cc(C(=O)O)cc(NCCC2CCN(C)CC2)n1. The number of aromatic carboxylic acids is 1. The van der Waals surface area contributed by atoms with Crippen LogP contribution in [0.4, 0.5) is 5.82 Å². The zero-order valence-electron chi connectivity index (χ0n) is 12.2. The van der Waals surface area contributed by atoms with Crippen LogP contribution in [0.1, 0.15) is 35.3 Å². The largest absolute Gasteiger partial charge is 0.478 e. The van der Waals surface area contributed by atoms with E-state index in [0.717, 1.165) is 24.6 Å². The van der Waals surface area contributed by atoms with E-state index in [0.29, 0.717) is 11.4 Å². The monoisotopic (exact) mass is 277 g/mol. The first-order valence-electron chi connectivity index (χ1n) is 7.19. The highest BCUT2D eigenvalue weighted by molar-refractivity contribution is 5.88. The van der Waals surface area contributed by atoms with Gasteiger partial charge in [-0.2, -0.15) is 0 Å². The van der Waals surface area contributed by atoms with Crippen LogP contribution in [-0.4, -0.2) is 47.6 Å². The lowest BCUT2D eigenvalue weighted by molar-refractivity contribution is 0.0696. The van der Waals surface area contributed by atoms with Crippen LogP contribution in [0.5, 0.6) is 0 Å². The van der Waals surface area contributed by atoms with E-state index in [9.17, 15) is 4.79 Å². The third-order valence-corrected chi connectivity index (χ3v) is 3.90. The van der Waals surface area contributed by atoms with E-state index in [4.69, 9.17) is 5.11 Å². The van der Waals surface area contributed by atoms with Crippen LogP contribution < -0.4 is 5.32 Å². The lowest BCUT2D eigenvalue weighted by atomic mass is 9.94. The van der Waals surface area contributed by atoms with Crippen molar-refractivity contribution in [3.05, 3.63) is 23.4 Å². The number of likely N-dealkylation sites (tertiary alicyclic amines) is 1. The Morgan fingerprint density at radius 2 is 2.15 bits per heavy atom. The molecule has 0 aliphatic carbocycles. The summed E-state index contributed by atoms with van der Waals surface area (Å²) in [6.07, 6.45) is 3.62. The van der Waals surface area contributed by atoms with Gasteiger partial charge in [0.05, 0.1) is 5.56 Å². The summed E-state index contributed by atoms with van der Waals surface area (Å²) < 4.78 is 0. The normalized spacial score (nSPS) is 17.1. The molecule has 2 rings (SSSR count). The second-order valence-electron chi connectivity index (χ2n) is 5.65. The molecule has 1 aliphatic heterocycles. The van der Waals surface area contributed by atoms with Crippen LogP contribution in [0.3, 0.4) is 0 Å². The standard InChI is InChI=1S/C15H23N3O2/c1-11-9-13(15(19)20)10-14(17-11)16-6-3-12-4-7-18(2)8-5-12/h9-10,12H,3-8H2,1-2H3,(H,16,17)(H,19,20). The number of pyridine rings is 1. The Hall–Kier alpha value is -1.62. The molecule has 1 saturated heterocycles. The van der Waals surface area contributed by atoms with Crippen LogP contribution in [0, 0.1) is 12.8 Å². The molecule has 20 heavy (non-hydrogen) atoms. The summed E-state index contributed by atoms with van der Waals surface area (Å²) in [6.45, 7) is 5.02. The highest BCUT2D eigenvalue weighted by atomic mass is 16.4. The van der Waals surface area contributed by atoms with Gasteiger partial charge in [-0.3, -0.25) is 0 Å². The molecule has 110 valence electrons. The predicted octanol–water partition coefficient (Wildman–Crippen LogP) is 2.23. The number of piperidine rings is 1. The minimum absolute atomic E-state index is 0.291. The molecule has 5 nitrogen and oxygen atoms in total.